The van der Waals surface area contributed by atoms with Crippen molar-refractivity contribution < 1.29 is 23.5 Å². The second-order valence-electron chi connectivity index (χ2n) is 7.32. The Labute approximate surface area is 161 Å². The van der Waals surface area contributed by atoms with Crippen LogP contribution in [0.25, 0.3) is 11.2 Å². The van der Waals surface area contributed by atoms with Crippen LogP contribution in [0.15, 0.2) is 11.1 Å². The summed E-state index contributed by atoms with van der Waals surface area (Å²) in [6, 6.07) is 0. The van der Waals surface area contributed by atoms with Crippen LogP contribution < -0.4 is 11.3 Å². The zero-order valence-corrected chi connectivity index (χ0v) is 17.1. The standard InChI is InChI=1S/C16H26N5O6P/c1-8(2)25-6-11-10(27-28(23,24)9(3)4)5-12(26-11)21-7-18-13-14(21)19-16(17)20-15(13)22/h7-12H,5-6H2,1-4H3,(H,23,24)(H3,17,19,20,22)/t10-,11-,12-/m1/s1. The summed E-state index contributed by atoms with van der Waals surface area (Å²) in [5.41, 5.74) is 5.04. The first-order valence-corrected chi connectivity index (χ1v) is 10.7. The summed E-state index contributed by atoms with van der Waals surface area (Å²) < 4.78 is 31.2. The number of anilines is 1. The van der Waals surface area contributed by atoms with E-state index in [1.54, 1.807) is 18.4 Å². The van der Waals surface area contributed by atoms with Gasteiger partial charge in [0.05, 0.1) is 30.8 Å². The van der Waals surface area contributed by atoms with E-state index in [1.807, 2.05) is 13.8 Å². The van der Waals surface area contributed by atoms with Crippen LogP contribution in [0.5, 0.6) is 0 Å². The molecule has 2 aromatic heterocycles. The fourth-order valence-corrected chi connectivity index (χ4v) is 3.74. The molecule has 0 aliphatic carbocycles. The monoisotopic (exact) mass is 415 g/mol. The van der Waals surface area contributed by atoms with Crippen LogP contribution in [0.2, 0.25) is 0 Å². The molecule has 0 aromatic carbocycles. The number of hydrogen-bond acceptors (Lipinski definition) is 8. The molecule has 2 aromatic rings. The number of nitrogens with one attached hydrogen (secondary N) is 1. The van der Waals surface area contributed by atoms with Crippen LogP contribution in [0.3, 0.4) is 0 Å². The normalized spacial score (nSPS) is 25.0. The maximum atomic E-state index is 12.4. The number of fused-ring (bicyclic) bond motifs is 1. The number of aromatic nitrogens is 4. The van der Waals surface area contributed by atoms with Gasteiger partial charge in [-0.3, -0.25) is 18.9 Å². The van der Waals surface area contributed by atoms with Crippen LogP contribution in [-0.2, 0) is 18.6 Å². The third-order valence-corrected chi connectivity index (χ3v) is 6.35. The Morgan fingerprint density at radius 3 is 2.82 bits per heavy atom. The Kier molecular flexibility index (Phi) is 5.92. The quantitative estimate of drug-likeness (QED) is 0.569. The number of ether oxygens (including phenoxy) is 2. The van der Waals surface area contributed by atoms with Crippen LogP contribution in [0.4, 0.5) is 5.95 Å². The number of aromatic amines is 1. The van der Waals surface area contributed by atoms with Crippen molar-refractivity contribution in [3.8, 4) is 0 Å². The minimum absolute atomic E-state index is 0.0376. The first-order valence-electron chi connectivity index (χ1n) is 9.08. The molecule has 1 saturated heterocycles. The average molecular weight is 415 g/mol. The predicted molar refractivity (Wildman–Crippen MR) is 102 cm³/mol. The summed E-state index contributed by atoms with van der Waals surface area (Å²) in [7, 11) is -3.82. The van der Waals surface area contributed by atoms with Crippen molar-refractivity contribution in [2.45, 2.75) is 64.3 Å². The van der Waals surface area contributed by atoms with Crippen molar-refractivity contribution in [1.82, 2.24) is 19.5 Å². The van der Waals surface area contributed by atoms with Gasteiger partial charge in [-0.15, -0.1) is 0 Å². The summed E-state index contributed by atoms with van der Waals surface area (Å²) in [6.07, 6.45) is -0.175. The van der Waals surface area contributed by atoms with E-state index in [9.17, 15) is 14.3 Å². The predicted octanol–water partition coefficient (Wildman–Crippen LogP) is 1.39. The molecular weight excluding hydrogens is 389 g/mol. The fourth-order valence-electron chi connectivity index (χ4n) is 2.89. The van der Waals surface area contributed by atoms with Gasteiger partial charge in [0.25, 0.3) is 5.56 Å². The number of H-pyrrole nitrogens is 1. The maximum Gasteiger partial charge on any atom is 0.330 e. The van der Waals surface area contributed by atoms with Gasteiger partial charge in [0, 0.05) is 6.42 Å². The number of rotatable bonds is 7. The number of imidazole rings is 1. The highest BCUT2D eigenvalue weighted by molar-refractivity contribution is 7.53. The molecule has 1 aliphatic rings. The highest BCUT2D eigenvalue weighted by Crippen LogP contribution is 2.51. The molecule has 11 nitrogen and oxygen atoms in total. The molecule has 1 fully saturated rings. The highest BCUT2D eigenvalue weighted by atomic mass is 31.2. The van der Waals surface area contributed by atoms with Crippen molar-refractivity contribution in [1.29, 1.82) is 0 Å². The first kappa shape index (κ1) is 20.9. The molecule has 4 N–H and O–H groups in total. The van der Waals surface area contributed by atoms with Crippen LogP contribution >= 0.6 is 7.60 Å². The third-order valence-electron chi connectivity index (χ3n) is 4.47. The molecule has 1 unspecified atom stereocenters. The molecule has 0 radical (unpaired) electrons. The van der Waals surface area contributed by atoms with Gasteiger partial charge in [-0.05, 0) is 13.8 Å². The lowest BCUT2D eigenvalue weighted by Crippen LogP contribution is -2.30. The van der Waals surface area contributed by atoms with Gasteiger partial charge in [-0.1, -0.05) is 13.8 Å². The van der Waals surface area contributed by atoms with Crippen molar-refractivity contribution in [2.75, 3.05) is 12.3 Å². The molecule has 12 heteroatoms. The second-order valence-corrected chi connectivity index (χ2v) is 9.70. The largest absolute Gasteiger partial charge is 0.376 e. The molecule has 156 valence electrons. The van der Waals surface area contributed by atoms with E-state index in [-0.39, 0.29) is 36.2 Å². The SMILES string of the molecule is CC(C)OC[C@H]1O[C@@H](n2cnc3c(=O)[nH]c(N)nc32)C[C@H]1OP(=O)(O)C(C)C. The number of nitrogens with zero attached hydrogens (tertiary/aromatic N) is 3. The Morgan fingerprint density at radius 2 is 2.18 bits per heavy atom. The number of nitrogens with two attached hydrogens (primary N) is 1. The molecule has 0 saturated carbocycles. The van der Waals surface area contributed by atoms with Crippen molar-refractivity contribution >= 4 is 24.7 Å². The Bertz CT molecular complexity index is 941. The Hall–Kier alpha value is -1.78. The second kappa shape index (κ2) is 7.92. The van der Waals surface area contributed by atoms with Gasteiger partial charge < -0.3 is 24.6 Å². The minimum atomic E-state index is -3.82. The summed E-state index contributed by atoms with van der Waals surface area (Å²) >= 11 is 0. The summed E-state index contributed by atoms with van der Waals surface area (Å²) in [6.45, 7) is 7.21. The zero-order chi connectivity index (χ0) is 20.6. The van der Waals surface area contributed by atoms with Gasteiger partial charge in [0.2, 0.25) is 5.95 Å². The molecule has 0 spiro atoms. The van der Waals surface area contributed by atoms with E-state index < -0.39 is 37.2 Å². The van der Waals surface area contributed by atoms with Crippen molar-refractivity contribution in [3.63, 3.8) is 0 Å². The maximum absolute atomic E-state index is 12.4. The van der Waals surface area contributed by atoms with Crippen LogP contribution in [0.1, 0.15) is 40.3 Å². The van der Waals surface area contributed by atoms with Crippen molar-refractivity contribution in [3.05, 3.63) is 16.7 Å². The molecule has 1 aliphatic heterocycles. The molecule has 3 rings (SSSR count). The minimum Gasteiger partial charge on any atom is -0.376 e. The summed E-state index contributed by atoms with van der Waals surface area (Å²) in [5.74, 6) is -0.0376. The van der Waals surface area contributed by atoms with Crippen molar-refractivity contribution in [2.24, 2.45) is 0 Å². The highest BCUT2D eigenvalue weighted by Gasteiger charge is 2.42. The average Bonchev–Trinajstić information content (AvgIpc) is 3.16. The molecule has 28 heavy (non-hydrogen) atoms. The topological polar surface area (TPSA) is 155 Å². The molecular formula is C16H26N5O6P. The Balaban J connectivity index is 1.89. The van der Waals surface area contributed by atoms with Gasteiger partial charge in [-0.25, -0.2) is 4.98 Å². The van der Waals surface area contributed by atoms with E-state index in [4.69, 9.17) is 19.7 Å². The smallest absolute Gasteiger partial charge is 0.330 e. The molecule has 0 bridgehead atoms. The van der Waals surface area contributed by atoms with Gasteiger partial charge in [0.1, 0.15) is 12.3 Å². The summed E-state index contributed by atoms with van der Waals surface area (Å²) in [5, 5.41) is 0. The number of nitrogen functional groups attached to an aromatic ring is 1. The van der Waals surface area contributed by atoms with Gasteiger partial charge in [0.15, 0.2) is 11.2 Å². The lowest BCUT2D eigenvalue weighted by molar-refractivity contribution is -0.0705. The lowest BCUT2D eigenvalue weighted by atomic mass is 10.2. The van der Waals surface area contributed by atoms with Gasteiger partial charge >= 0.3 is 7.60 Å². The third kappa shape index (κ3) is 4.28. The van der Waals surface area contributed by atoms with E-state index in [1.165, 1.54) is 6.33 Å². The van der Waals surface area contributed by atoms with E-state index in [2.05, 4.69) is 15.0 Å². The first-order chi connectivity index (χ1) is 13.1. The molecule has 3 heterocycles. The summed E-state index contributed by atoms with van der Waals surface area (Å²) in [4.78, 5) is 32.7. The van der Waals surface area contributed by atoms with E-state index in [0.717, 1.165) is 0 Å². The van der Waals surface area contributed by atoms with Gasteiger partial charge in [-0.2, -0.15) is 4.98 Å². The van der Waals surface area contributed by atoms with Crippen LogP contribution in [0, 0.1) is 0 Å². The molecule has 4 atom stereocenters. The fraction of sp³-hybridized carbons (Fsp3) is 0.688. The lowest BCUT2D eigenvalue weighted by Gasteiger charge is -2.24. The Morgan fingerprint density at radius 1 is 1.46 bits per heavy atom. The van der Waals surface area contributed by atoms with E-state index >= 15 is 0 Å². The zero-order valence-electron chi connectivity index (χ0n) is 16.2. The van der Waals surface area contributed by atoms with Crippen LogP contribution in [-0.4, -0.2) is 55.0 Å². The van der Waals surface area contributed by atoms with E-state index in [0.29, 0.717) is 0 Å². The number of hydrogen-bond donors (Lipinski definition) is 3. The molecule has 0 amide bonds.